The van der Waals surface area contributed by atoms with Crippen molar-refractivity contribution in [2.75, 3.05) is 18.5 Å². The minimum absolute atomic E-state index is 0.0187. The van der Waals surface area contributed by atoms with E-state index in [9.17, 15) is 14.7 Å². The van der Waals surface area contributed by atoms with Crippen molar-refractivity contribution in [3.05, 3.63) is 28.2 Å². The van der Waals surface area contributed by atoms with E-state index in [-0.39, 0.29) is 13.0 Å². The van der Waals surface area contributed by atoms with Crippen LogP contribution in [0.2, 0.25) is 0 Å². The highest BCUT2D eigenvalue weighted by Gasteiger charge is 2.44. The highest BCUT2D eigenvalue weighted by atomic mass is 79.9. The fourth-order valence-corrected chi connectivity index (χ4v) is 2.23. The van der Waals surface area contributed by atoms with E-state index in [2.05, 4.69) is 26.6 Å². The summed E-state index contributed by atoms with van der Waals surface area (Å²) < 4.78 is 6.02. The second kappa shape index (κ2) is 5.80. The van der Waals surface area contributed by atoms with Crippen LogP contribution in [0.5, 0.6) is 0 Å². The van der Waals surface area contributed by atoms with Crippen molar-refractivity contribution < 1.29 is 19.4 Å². The van der Waals surface area contributed by atoms with Gasteiger partial charge < -0.3 is 20.5 Å². The highest BCUT2D eigenvalue weighted by Crippen LogP contribution is 2.21. The van der Waals surface area contributed by atoms with Crippen LogP contribution in [0, 0.1) is 6.92 Å². The Kier molecular flexibility index (Phi) is 4.29. The molecule has 1 aromatic carbocycles. The molecule has 3 N–H and O–H groups in total. The molecule has 0 radical (unpaired) electrons. The van der Waals surface area contributed by atoms with Gasteiger partial charge in [0.2, 0.25) is 0 Å². The van der Waals surface area contributed by atoms with Gasteiger partial charge in [0.25, 0.3) is 0 Å². The molecule has 1 aliphatic heterocycles. The van der Waals surface area contributed by atoms with Crippen LogP contribution < -0.4 is 10.6 Å². The lowest BCUT2D eigenvalue weighted by atomic mass is 9.99. The lowest BCUT2D eigenvalue weighted by Crippen LogP contribution is -2.56. The largest absolute Gasteiger partial charge is 0.479 e. The average Bonchev–Trinajstić information content (AvgIpc) is 2.83. The van der Waals surface area contributed by atoms with Crippen molar-refractivity contribution in [1.82, 2.24) is 5.32 Å². The second-order valence-corrected chi connectivity index (χ2v) is 5.59. The standard InChI is InChI=1S/C13H15BrN2O4/c1-8-6-9(2-3-10(8)14)15-12(19)16-13(11(17)18)4-5-20-7-13/h2-3,6H,4-5,7H2,1H3,(H,17,18)(H2,15,16,19). The number of carboxylic acid groups (broad SMARTS) is 1. The molecule has 7 heteroatoms. The summed E-state index contributed by atoms with van der Waals surface area (Å²) in [6.07, 6.45) is 0.259. The zero-order chi connectivity index (χ0) is 14.8. The van der Waals surface area contributed by atoms with Crippen molar-refractivity contribution in [3.8, 4) is 0 Å². The van der Waals surface area contributed by atoms with E-state index in [4.69, 9.17) is 4.74 Å². The molecule has 1 atom stereocenters. The molecule has 0 bridgehead atoms. The Morgan fingerprint density at radius 3 is 2.75 bits per heavy atom. The van der Waals surface area contributed by atoms with Gasteiger partial charge in [-0.15, -0.1) is 0 Å². The van der Waals surface area contributed by atoms with Crippen LogP contribution in [0.3, 0.4) is 0 Å². The van der Waals surface area contributed by atoms with Crippen LogP contribution in [0.4, 0.5) is 10.5 Å². The van der Waals surface area contributed by atoms with Gasteiger partial charge in [0, 0.05) is 23.2 Å². The summed E-state index contributed by atoms with van der Waals surface area (Å²) in [5.74, 6) is -1.09. The maximum absolute atomic E-state index is 11.9. The maximum Gasteiger partial charge on any atom is 0.332 e. The molecular weight excluding hydrogens is 328 g/mol. The van der Waals surface area contributed by atoms with Gasteiger partial charge in [0.05, 0.1) is 6.61 Å². The predicted molar refractivity (Wildman–Crippen MR) is 76.8 cm³/mol. The van der Waals surface area contributed by atoms with E-state index in [0.29, 0.717) is 12.3 Å². The summed E-state index contributed by atoms with van der Waals surface area (Å²) in [6, 6.07) is 4.79. The Hall–Kier alpha value is -1.60. The summed E-state index contributed by atoms with van der Waals surface area (Å²) in [4.78, 5) is 23.2. The number of carbonyl (C=O) groups is 2. The van der Waals surface area contributed by atoms with Gasteiger partial charge in [-0.1, -0.05) is 15.9 Å². The third-order valence-corrected chi connectivity index (χ3v) is 4.09. The van der Waals surface area contributed by atoms with E-state index in [0.717, 1.165) is 10.0 Å². The molecule has 6 nitrogen and oxygen atoms in total. The number of hydrogen-bond acceptors (Lipinski definition) is 3. The van der Waals surface area contributed by atoms with E-state index in [1.54, 1.807) is 12.1 Å². The summed E-state index contributed by atoms with van der Waals surface area (Å²) in [5.41, 5.74) is 0.233. The molecule has 0 aliphatic carbocycles. The van der Waals surface area contributed by atoms with Crippen LogP contribution in [-0.2, 0) is 9.53 Å². The van der Waals surface area contributed by atoms with Gasteiger partial charge >= 0.3 is 12.0 Å². The zero-order valence-electron chi connectivity index (χ0n) is 10.9. The first-order chi connectivity index (χ1) is 9.43. The summed E-state index contributed by atoms with van der Waals surface area (Å²) in [5, 5.41) is 14.3. The van der Waals surface area contributed by atoms with Gasteiger partial charge in [-0.05, 0) is 30.7 Å². The van der Waals surface area contributed by atoms with Gasteiger partial charge in [0.15, 0.2) is 5.54 Å². The summed E-state index contributed by atoms with van der Waals surface area (Å²) >= 11 is 3.37. The molecule has 1 unspecified atom stereocenters. The van der Waals surface area contributed by atoms with Gasteiger partial charge in [-0.2, -0.15) is 0 Å². The maximum atomic E-state index is 11.9. The zero-order valence-corrected chi connectivity index (χ0v) is 12.5. The number of rotatable bonds is 3. The van der Waals surface area contributed by atoms with Crippen LogP contribution in [0.25, 0.3) is 0 Å². The lowest BCUT2D eigenvalue weighted by Gasteiger charge is -2.23. The number of amides is 2. The number of ether oxygens (including phenoxy) is 1. The second-order valence-electron chi connectivity index (χ2n) is 4.73. The van der Waals surface area contributed by atoms with Crippen molar-refractivity contribution in [2.45, 2.75) is 18.9 Å². The quantitative estimate of drug-likeness (QED) is 0.785. The number of aryl methyl sites for hydroxylation is 1. The fraction of sp³-hybridized carbons (Fsp3) is 0.385. The smallest absolute Gasteiger partial charge is 0.332 e. The number of carbonyl (C=O) groups excluding carboxylic acids is 1. The Balaban J connectivity index is 2.04. The number of urea groups is 1. The first-order valence-electron chi connectivity index (χ1n) is 6.09. The summed E-state index contributed by atoms with van der Waals surface area (Å²) in [6.45, 7) is 2.20. The first-order valence-corrected chi connectivity index (χ1v) is 6.89. The number of benzene rings is 1. The average molecular weight is 343 g/mol. The van der Waals surface area contributed by atoms with Crippen LogP contribution in [0.15, 0.2) is 22.7 Å². The number of anilines is 1. The van der Waals surface area contributed by atoms with E-state index >= 15 is 0 Å². The monoisotopic (exact) mass is 342 g/mol. The Morgan fingerprint density at radius 1 is 1.45 bits per heavy atom. The third kappa shape index (κ3) is 3.10. The minimum Gasteiger partial charge on any atom is -0.479 e. The first kappa shape index (κ1) is 14.8. The molecule has 20 heavy (non-hydrogen) atoms. The van der Waals surface area contributed by atoms with E-state index in [1.807, 2.05) is 13.0 Å². The molecule has 1 aliphatic rings. The molecule has 0 saturated carbocycles. The fourth-order valence-electron chi connectivity index (χ4n) is 1.99. The summed E-state index contributed by atoms with van der Waals surface area (Å²) in [7, 11) is 0. The normalized spacial score (nSPS) is 21.5. The third-order valence-electron chi connectivity index (χ3n) is 3.20. The van der Waals surface area contributed by atoms with Crippen molar-refractivity contribution >= 4 is 33.6 Å². The van der Waals surface area contributed by atoms with Crippen molar-refractivity contribution in [3.63, 3.8) is 0 Å². The topological polar surface area (TPSA) is 87.7 Å². The van der Waals surface area contributed by atoms with Gasteiger partial charge in [-0.3, -0.25) is 0 Å². The van der Waals surface area contributed by atoms with Gasteiger partial charge in [-0.25, -0.2) is 9.59 Å². The Labute approximate surface area is 124 Å². The Morgan fingerprint density at radius 2 is 2.20 bits per heavy atom. The van der Waals surface area contributed by atoms with Crippen molar-refractivity contribution in [2.24, 2.45) is 0 Å². The predicted octanol–water partition coefficient (Wildman–Crippen LogP) is 2.12. The number of nitrogens with one attached hydrogen (secondary N) is 2. The molecule has 1 fully saturated rings. The highest BCUT2D eigenvalue weighted by molar-refractivity contribution is 9.10. The van der Waals surface area contributed by atoms with E-state index < -0.39 is 17.5 Å². The van der Waals surface area contributed by atoms with Crippen LogP contribution >= 0.6 is 15.9 Å². The SMILES string of the molecule is Cc1cc(NC(=O)NC2(C(=O)O)CCOC2)ccc1Br. The van der Waals surface area contributed by atoms with Crippen LogP contribution in [-0.4, -0.2) is 35.9 Å². The molecule has 2 rings (SSSR count). The van der Waals surface area contributed by atoms with Crippen LogP contribution in [0.1, 0.15) is 12.0 Å². The minimum atomic E-state index is -1.34. The molecule has 2 amide bonds. The molecule has 1 heterocycles. The molecule has 1 saturated heterocycles. The molecule has 0 spiro atoms. The van der Waals surface area contributed by atoms with Crippen molar-refractivity contribution in [1.29, 1.82) is 0 Å². The molecule has 1 aromatic rings. The molecular formula is C13H15BrN2O4. The van der Waals surface area contributed by atoms with Gasteiger partial charge in [0.1, 0.15) is 0 Å². The molecule has 108 valence electrons. The number of carboxylic acids is 1. The lowest BCUT2D eigenvalue weighted by molar-refractivity contribution is -0.144. The van der Waals surface area contributed by atoms with E-state index in [1.165, 1.54) is 0 Å². The molecule has 0 aromatic heterocycles. The Bertz CT molecular complexity index is 541. The number of halogens is 1. The number of hydrogen-bond donors (Lipinski definition) is 3. The number of aliphatic carboxylic acids is 1.